The van der Waals surface area contributed by atoms with Gasteiger partial charge in [-0.25, -0.2) is 0 Å². The fraction of sp³-hybridized carbons (Fsp3) is 0.286. The van der Waals surface area contributed by atoms with Crippen molar-refractivity contribution < 1.29 is 13.6 Å². The number of rotatable bonds is 1. The second kappa shape index (κ2) is 4.37. The normalized spacial score (nSPS) is 20.4. The third kappa shape index (κ3) is 1.65. The second-order valence-corrected chi connectivity index (χ2v) is 5.41. The van der Waals surface area contributed by atoms with Gasteiger partial charge in [0.1, 0.15) is 11.2 Å². The first kappa shape index (κ1) is 11.5. The Morgan fingerprint density at radius 2 is 1.89 bits per heavy atom. The molecule has 1 unspecified atom stereocenters. The summed E-state index contributed by atoms with van der Waals surface area (Å²) in [6.07, 6.45) is 3.40. The zero-order valence-corrected chi connectivity index (χ0v) is 11.7. The van der Waals surface area contributed by atoms with Crippen molar-refractivity contribution in [2.45, 2.75) is 6.10 Å². The highest BCUT2D eigenvalue weighted by atomic mass is 79.9. The molecule has 0 bridgehead atoms. The van der Waals surface area contributed by atoms with Crippen LogP contribution in [0.2, 0.25) is 0 Å². The first-order valence-corrected chi connectivity index (χ1v) is 7.03. The molecule has 4 rings (SSSR count). The van der Waals surface area contributed by atoms with Crippen LogP contribution in [-0.2, 0) is 4.74 Å². The van der Waals surface area contributed by atoms with E-state index in [9.17, 15) is 0 Å². The largest absolute Gasteiger partial charge is 0.464 e. The molecule has 1 aromatic carbocycles. The van der Waals surface area contributed by atoms with Crippen LogP contribution in [0.4, 0.5) is 0 Å². The number of nitrogens with one attached hydrogen (secondary N) is 1. The minimum Gasteiger partial charge on any atom is -0.464 e. The lowest BCUT2D eigenvalue weighted by molar-refractivity contribution is 0.0289. The first-order valence-electron chi connectivity index (χ1n) is 6.24. The Balaban J connectivity index is 2.06. The van der Waals surface area contributed by atoms with E-state index in [1.165, 1.54) is 0 Å². The van der Waals surface area contributed by atoms with Crippen LogP contribution in [0.3, 0.4) is 0 Å². The van der Waals surface area contributed by atoms with Crippen molar-refractivity contribution >= 4 is 37.9 Å². The highest BCUT2D eigenvalue weighted by Gasteiger charge is 2.25. The molecule has 0 amide bonds. The van der Waals surface area contributed by atoms with Crippen LogP contribution in [0.25, 0.3) is 21.9 Å². The Labute approximate surface area is 117 Å². The molecule has 1 aliphatic rings. The van der Waals surface area contributed by atoms with Crippen LogP contribution < -0.4 is 5.32 Å². The predicted octanol–water partition coefficient (Wildman–Crippen LogP) is 3.60. The van der Waals surface area contributed by atoms with Crippen molar-refractivity contribution in [3.05, 3.63) is 34.7 Å². The van der Waals surface area contributed by atoms with E-state index in [4.69, 9.17) is 13.6 Å². The third-order valence-electron chi connectivity index (χ3n) is 3.55. The summed E-state index contributed by atoms with van der Waals surface area (Å²) in [5, 5.41) is 5.42. The molecule has 3 aromatic rings. The molecule has 2 aromatic heterocycles. The molecule has 4 nitrogen and oxygen atoms in total. The Hall–Kier alpha value is -1.30. The quantitative estimate of drug-likeness (QED) is 0.744. The van der Waals surface area contributed by atoms with E-state index in [0.29, 0.717) is 6.61 Å². The minimum atomic E-state index is -0.00407. The smallest absolute Gasteiger partial charge is 0.149 e. The molecule has 0 saturated carbocycles. The maximum Gasteiger partial charge on any atom is 0.149 e. The van der Waals surface area contributed by atoms with E-state index in [1.54, 1.807) is 12.5 Å². The third-order valence-corrected chi connectivity index (χ3v) is 4.34. The SMILES string of the molecule is Brc1c2ccoc2c(C2CNCCO2)c2ccoc12. The van der Waals surface area contributed by atoms with Gasteiger partial charge in [0, 0.05) is 29.4 Å². The summed E-state index contributed by atoms with van der Waals surface area (Å²) in [4.78, 5) is 0. The molecule has 0 spiro atoms. The first-order chi connectivity index (χ1) is 9.36. The number of fused-ring (bicyclic) bond motifs is 2. The Bertz CT molecular complexity index is 688. The topological polar surface area (TPSA) is 47.5 Å². The van der Waals surface area contributed by atoms with Crippen LogP contribution in [0.1, 0.15) is 11.7 Å². The Morgan fingerprint density at radius 3 is 2.68 bits per heavy atom. The molecule has 1 fully saturated rings. The fourth-order valence-electron chi connectivity index (χ4n) is 2.70. The highest BCUT2D eigenvalue weighted by molar-refractivity contribution is 9.10. The number of halogens is 1. The maximum atomic E-state index is 5.88. The number of furan rings is 2. The zero-order valence-electron chi connectivity index (χ0n) is 10.1. The maximum absolute atomic E-state index is 5.88. The van der Waals surface area contributed by atoms with Gasteiger partial charge in [0.05, 0.1) is 29.7 Å². The van der Waals surface area contributed by atoms with Gasteiger partial charge in [-0.1, -0.05) is 0 Å². The average molecular weight is 322 g/mol. The van der Waals surface area contributed by atoms with Gasteiger partial charge in [0.25, 0.3) is 0 Å². The standard InChI is InChI=1S/C14H12BrNO3/c15-12-9-2-5-18-13(9)11(8-1-4-19-14(8)12)10-7-16-3-6-17-10/h1-2,4-5,10,16H,3,6-7H2. The molecule has 1 saturated heterocycles. The van der Waals surface area contributed by atoms with Crippen molar-refractivity contribution in [1.82, 2.24) is 5.32 Å². The van der Waals surface area contributed by atoms with Crippen molar-refractivity contribution in [2.75, 3.05) is 19.7 Å². The predicted molar refractivity (Wildman–Crippen MR) is 75.2 cm³/mol. The van der Waals surface area contributed by atoms with Gasteiger partial charge in [-0.15, -0.1) is 0 Å². The zero-order chi connectivity index (χ0) is 12.8. The van der Waals surface area contributed by atoms with Crippen LogP contribution in [0, 0.1) is 0 Å². The number of ether oxygens (including phenoxy) is 1. The van der Waals surface area contributed by atoms with Gasteiger partial charge in [0.15, 0.2) is 0 Å². The summed E-state index contributed by atoms with van der Waals surface area (Å²) in [7, 11) is 0. The number of hydrogen-bond acceptors (Lipinski definition) is 4. The Morgan fingerprint density at radius 1 is 1.11 bits per heavy atom. The van der Waals surface area contributed by atoms with Gasteiger partial charge in [0.2, 0.25) is 0 Å². The molecule has 5 heteroatoms. The number of benzene rings is 1. The molecule has 1 aliphatic heterocycles. The molecule has 3 heterocycles. The van der Waals surface area contributed by atoms with Crippen molar-refractivity contribution in [3.8, 4) is 0 Å². The molecule has 1 atom stereocenters. The lowest BCUT2D eigenvalue weighted by Gasteiger charge is -2.24. The van der Waals surface area contributed by atoms with Gasteiger partial charge in [-0.3, -0.25) is 0 Å². The van der Waals surface area contributed by atoms with E-state index >= 15 is 0 Å². The molecular weight excluding hydrogens is 310 g/mol. The summed E-state index contributed by atoms with van der Waals surface area (Å²) in [6, 6.07) is 3.91. The van der Waals surface area contributed by atoms with Crippen molar-refractivity contribution in [3.63, 3.8) is 0 Å². The molecular formula is C14H12BrNO3. The summed E-state index contributed by atoms with van der Waals surface area (Å²) in [5.74, 6) is 0. The monoisotopic (exact) mass is 321 g/mol. The summed E-state index contributed by atoms with van der Waals surface area (Å²) in [5.41, 5.74) is 2.78. The fourth-order valence-corrected chi connectivity index (χ4v) is 3.32. The number of hydrogen-bond donors (Lipinski definition) is 1. The second-order valence-electron chi connectivity index (χ2n) is 4.62. The van der Waals surface area contributed by atoms with Crippen LogP contribution >= 0.6 is 15.9 Å². The van der Waals surface area contributed by atoms with Crippen LogP contribution in [0.15, 0.2) is 38.0 Å². The van der Waals surface area contributed by atoms with Gasteiger partial charge < -0.3 is 18.9 Å². The molecule has 0 aliphatic carbocycles. The summed E-state index contributed by atoms with van der Waals surface area (Å²) >= 11 is 3.59. The molecule has 0 radical (unpaired) electrons. The van der Waals surface area contributed by atoms with Crippen LogP contribution in [-0.4, -0.2) is 19.7 Å². The average Bonchev–Trinajstić information content (AvgIpc) is 3.09. The van der Waals surface area contributed by atoms with Crippen molar-refractivity contribution in [1.29, 1.82) is 0 Å². The van der Waals surface area contributed by atoms with Crippen molar-refractivity contribution in [2.24, 2.45) is 0 Å². The van der Waals surface area contributed by atoms with Crippen LogP contribution in [0.5, 0.6) is 0 Å². The van der Waals surface area contributed by atoms with Gasteiger partial charge in [-0.2, -0.15) is 0 Å². The van der Waals surface area contributed by atoms with E-state index in [2.05, 4.69) is 21.2 Å². The van der Waals surface area contributed by atoms with E-state index in [1.807, 2.05) is 12.1 Å². The van der Waals surface area contributed by atoms with E-state index in [0.717, 1.165) is 45.1 Å². The van der Waals surface area contributed by atoms with Gasteiger partial charge >= 0.3 is 0 Å². The van der Waals surface area contributed by atoms with Gasteiger partial charge in [-0.05, 0) is 28.1 Å². The lowest BCUT2D eigenvalue weighted by atomic mass is 10.0. The molecule has 19 heavy (non-hydrogen) atoms. The summed E-state index contributed by atoms with van der Waals surface area (Å²) < 4.78 is 18.1. The minimum absolute atomic E-state index is 0.00407. The highest BCUT2D eigenvalue weighted by Crippen LogP contribution is 2.41. The van der Waals surface area contributed by atoms with E-state index < -0.39 is 0 Å². The Kier molecular flexibility index (Phi) is 2.65. The van der Waals surface area contributed by atoms with E-state index in [-0.39, 0.29) is 6.10 Å². The number of morpholine rings is 1. The molecule has 1 N–H and O–H groups in total. The lowest BCUT2D eigenvalue weighted by Crippen LogP contribution is -2.33. The summed E-state index contributed by atoms with van der Waals surface area (Å²) in [6.45, 7) is 2.39. The molecule has 98 valence electrons.